The SMILES string of the molecule is COC(=O)[C@@H](CO)NC(=O)CCc1nc(-c2ccc(F)cc2)no1. The zero-order chi connectivity index (χ0) is 17.5. The lowest BCUT2D eigenvalue weighted by atomic mass is 10.2. The van der Waals surface area contributed by atoms with E-state index in [0.29, 0.717) is 5.56 Å². The Hall–Kier alpha value is -2.81. The summed E-state index contributed by atoms with van der Waals surface area (Å²) in [6.07, 6.45) is 0.137. The van der Waals surface area contributed by atoms with Crippen molar-refractivity contribution in [3.63, 3.8) is 0 Å². The monoisotopic (exact) mass is 337 g/mol. The fraction of sp³-hybridized carbons (Fsp3) is 0.333. The van der Waals surface area contributed by atoms with Crippen molar-refractivity contribution in [1.29, 1.82) is 0 Å². The third-order valence-corrected chi connectivity index (χ3v) is 3.14. The number of rotatable bonds is 7. The second-order valence-electron chi connectivity index (χ2n) is 4.84. The fourth-order valence-corrected chi connectivity index (χ4v) is 1.88. The van der Waals surface area contributed by atoms with E-state index in [1.54, 1.807) is 0 Å². The van der Waals surface area contributed by atoms with E-state index in [1.807, 2.05) is 0 Å². The summed E-state index contributed by atoms with van der Waals surface area (Å²) < 4.78 is 22.3. The first-order valence-electron chi connectivity index (χ1n) is 7.10. The Morgan fingerprint density at radius 1 is 1.38 bits per heavy atom. The van der Waals surface area contributed by atoms with Crippen LogP contribution in [0.15, 0.2) is 28.8 Å². The summed E-state index contributed by atoms with van der Waals surface area (Å²) in [5, 5.41) is 15.1. The molecule has 2 aromatic rings. The van der Waals surface area contributed by atoms with Crippen molar-refractivity contribution >= 4 is 11.9 Å². The first kappa shape index (κ1) is 17.5. The molecule has 24 heavy (non-hydrogen) atoms. The number of nitrogens with one attached hydrogen (secondary N) is 1. The van der Waals surface area contributed by atoms with E-state index in [9.17, 15) is 14.0 Å². The topological polar surface area (TPSA) is 115 Å². The van der Waals surface area contributed by atoms with Gasteiger partial charge in [-0.25, -0.2) is 9.18 Å². The Labute approximate surface area is 136 Å². The highest BCUT2D eigenvalue weighted by Gasteiger charge is 2.20. The van der Waals surface area contributed by atoms with Gasteiger partial charge >= 0.3 is 5.97 Å². The molecule has 0 saturated heterocycles. The van der Waals surface area contributed by atoms with Crippen molar-refractivity contribution in [1.82, 2.24) is 15.5 Å². The summed E-state index contributed by atoms with van der Waals surface area (Å²) in [6, 6.07) is 4.47. The number of aliphatic hydroxyl groups is 1. The first-order chi connectivity index (χ1) is 11.5. The highest BCUT2D eigenvalue weighted by molar-refractivity contribution is 5.84. The van der Waals surface area contributed by atoms with Crippen molar-refractivity contribution in [3.8, 4) is 11.4 Å². The van der Waals surface area contributed by atoms with Gasteiger partial charge in [0.1, 0.15) is 5.82 Å². The summed E-state index contributed by atoms with van der Waals surface area (Å²) in [4.78, 5) is 27.1. The lowest BCUT2D eigenvalue weighted by Gasteiger charge is -2.13. The highest BCUT2D eigenvalue weighted by Crippen LogP contribution is 2.16. The molecule has 1 aromatic heterocycles. The van der Waals surface area contributed by atoms with Gasteiger partial charge in [0.2, 0.25) is 17.6 Å². The molecule has 0 fully saturated rings. The Bertz CT molecular complexity index is 701. The molecule has 0 aliphatic heterocycles. The van der Waals surface area contributed by atoms with Gasteiger partial charge in [0.25, 0.3) is 0 Å². The maximum absolute atomic E-state index is 12.9. The van der Waals surface area contributed by atoms with Gasteiger partial charge < -0.3 is 19.7 Å². The average Bonchev–Trinajstić information content (AvgIpc) is 3.06. The van der Waals surface area contributed by atoms with Gasteiger partial charge in [-0.15, -0.1) is 0 Å². The smallest absolute Gasteiger partial charge is 0.330 e. The number of esters is 1. The molecule has 1 heterocycles. The van der Waals surface area contributed by atoms with Gasteiger partial charge in [-0.05, 0) is 24.3 Å². The molecule has 128 valence electrons. The van der Waals surface area contributed by atoms with Crippen LogP contribution in [0, 0.1) is 5.82 Å². The van der Waals surface area contributed by atoms with Crippen molar-refractivity contribution in [2.45, 2.75) is 18.9 Å². The molecule has 2 rings (SSSR count). The molecule has 1 amide bonds. The summed E-state index contributed by atoms with van der Waals surface area (Å²) >= 11 is 0. The number of ether oxygens (including phenoxy) is 1. The third-order valence-electron chi connectivity index (χ3n) is 3.14. The van der Waals surface area contributed by atoms with Gasteiger partial charge in [-0.2, -0.15) is 4.98 Å². The number of carbonyl (C=O) groups is 2. The first-order valence-corrected chi connectivity index (χ1v) is 7.10. The number of methoxy groups -OCH3 is 1. The molecule has 9 heteroatoms. The molecule has 0 aliphatic carbocycles. The molecule has 1 atom stereocenters. The molecule has 8 nitrogen and oxygen atoms in total. The molecule has 0 saturated carbocycles. The molecular formula is C15H16FN3O5. The standard InChI is InChI=1S/C15H16FN3O5/c1-23-15(22)11(8-20)17-12(21)6-7-13-18-14(19-24-13)9-2-4-10(16)5-3-9/h2-5,11,20H,6-8H2,1H3,(H,17,21)/t11-/m1/s1. The second kappa shape index (κ2) is 8.16. The molecular weight excluding hydrogens is 321 g/mol. The van der Waals surface area contributed by atoms with Crippen LogP contribution >= 0.6 is 0 Å². The summed E-state index contributed by atoms with van der Waals surface area (Å²) in [7, 11) is 1.16. The van der Waals surface area contributed by atoms with Gasteiger partial charge in [0.15, 0.2) is 6.04 Å². The minimum Gasteiger partial charge on any atom is -0.467 e. The van der Waals surface area contributed by atoms with Crippen LogP contribution < -0.4 is 5.32 Å². The number of aryl methyl sites for hydroxylation is 1. The van der Waals surface area contributed by atoms with Crippen LogP contribution in [0.3, 0.4) is 0 Å². The molecule has 1 aromatic carbocycles. The molecule has 0 unspecified atom stereocenters. The summed E-state index contributed by atoms with van der Waals surface area (Å²) in [5.74, 6) is -1.07. The van der Waals surface area contributed by atoms with Crippen LogP contribution in [-0.4, -0.2) is 46.9 Å². The number of carbonyl (C=O) groups excluding carboxylic acids is 2. The number of benzene rings is 1. The van der Waals surface area contributed by atoms with Crippen molar-refractivity contribution < 1.29 is 28.3 Å². The van der Waals surface area contributed by atoms with Crippen LogP contribution in [0.1, 0.15) is 12.3 Å². The Morgan fingerprint density at radius 2 is 2.08 bits per heavy atom. The lowest BCUT2D eigenvalue weighted by Crippen LogP contribution is -2.44. The number of hydrogen-bond donors (Lipinski definition) is 2. The van der Waals surface area contributed by atoms with Gasteiger partial charge in [-0.3, -0.25) is 4.79 Å². The second-order valence-corrected chi connectivity index (χ2v) is 4.84. The van der Waals surface area contributed by atoms with Gasteiger partial charge in [0.05, 0.1) is 13.7 Å². The van der Waals surface area contributed by atoms with Crippen LogP contribution in [0.4, 0.5) is 4.39 Å². The molecule has 2 N–H and O–H groups in total. The number of halogens is 1. The van der Waals surface area contributed by atoms with Crippen LogP contribution in [0.2, 0.25) is 0 Å². The predicted octanol–water partition coefficient (Wildman–Crippen LogP) is 0.458. The van der Waals surface area contributed by atoms with E-state index in [4.69, 9.17) is 9.63 Å². The van der Waals surface area contributed by atoms with E-state index >= 15 is 0 Å². The van der Waals surface area contributed by atoms with E-state index < -0.39 is 24.5 Å². The lowest BCUT2D eigenvalue weighted by molar-refractivity contribution is -0.146. The van der Waals surface area contributed by atoms with Gasteiger partial charge in [-0.1, -0.05) is 5.16 Å². The third kappa shape index (κ3) is 4.59. The number of aromatic nitrogens is 2. The molecule has 0 aliphatic rings. The van der Waals surface area contributed by atoms with Crippen molar-refractivity contribution in [3.05, 3.63) is 36.0 Å². The number of amides is 1. The Kier molecular flexibility index (Phi) is 5.96. The predicted molar refractivity (Wildman–Crippen MR) is 79.0 cm³/mol. The van der Waals surface area contributed by atoms with Gasteiger partial charge in [0, 0.05) is 18.4 Å². The molecule has 0 radical (unpaired) electrons. The largest absolute Gasteiger partial charge is 0.467 e. The van der Waals surface area contributed by atoms with Crippen molar-refractivity contribution in [2.75, 3.05) is 13.7 Å². The van der Waals surface area contributed by atoms with E-state index in [0.717, 1.165) is 7.11 Å². The zero-order valence-corrected chi connectivity index (χ0v) is 12.9. The quantitative estimate of drug-likeness (QED) is 0.705. The maximum Gasteiger partial charge on any atom is 0.330 e. The highest BCUT2D eigenvalue weighted by atomic mass is 19.1. The number of hydrogen-bond acceptors (Lipinski definition) is 7. The fourth-order valence-electron chi connectivity index (χ4n) is 1.88. The van der Waals surface area contributed by atoms with Crippen LogP contribution in [0.5, 0.6) is 0 Å². The molecule has 0 spiro atoms. The summed E-state index contributed by atoms with van der Waals surface area (Å²) in [5.41, 5.74) is 0.585. The Balaban J connectivity index is 1.89. The minimum absolute atomic E-state index is 0.0153. The zero-order valence-electron chi connectivity index (χ0n) is 12.9. The number of aliphatic hydroxyl groups excluding tert-OH is 1. The van der Waals surface area contributed by atoms with Crippen molar-refractivity contribution in [2.24, 2.45) is 0 Å². The minimum atomic E-state index is -1.11. The summed E-state index contributed by atoms with van der Waals surface area (Å²) in [6.45, 7) is -0.562. The normalized spacial score (nSPS) is 11.8. The average molecular weight is 337 g/mol. The maximum atomic E-state index is 12.9. The van der Waals surface area contributed by atoms with E-state index in [-0.39, 0.29) is 30.4 Å². The van der Waals surface area contributed by atoms with Crippen LogP contribution in [-0.2, 0) is 20.7 Å². The van der Waals surface area contributed by atoms with Crippen LogP contribution in [0.25, 0.3) is 11.4 Å². The molecule has 0 bridgehead atoms. The van der Waals surface area contributed by atoms with E-state index in [2.05, 4.69) is 20.2 Å². The Morgan fingerprint density at radius 3 is 2.71 bits per heavy atom. The number of nitrogens with zero attached hydrogens (tertiary/aromatic N) is 2. The van der Waals surface area contributed by atoms with E-state index in [1.165, 1.54) is 24.3 Å².